The van der Waals surface area contributed by atoms with E-state index in [0.29, 0.717) is 12.2 Å². The molecule has 0 fully saturated rings. The zero-order valence-electron chi connectivity index (χ0n) is 12.5. The zero-order chi connectivity index (χ0) is 15.9. The van der Waals surface area contributed by atoms with Crippen molar-refractivity contribution in [1.82, 2.24) is 4.90 Å². The molecule has 0 heterocycles. The first-order valence-corrected chi connectivity index (χ1v) is 6.98. The number of carbonyl (C=O) groups is 2. The van der Waals surface area contributed by atoms with Gasteiger partial charge in [0.1, 0.15) is 0 Å². The lowest BCUT2D eigenvalue weighted by Crippen LogP contribution is -2.30. The second-order valence-corrected chi connectivity index (χ2v) is 5.11. The van der Waals surface area contributed by atoms with Gasteiger partial charge in [0, 0.05) is 19.3 Å². The number of carbonyl (C=O) groups excluding carboxylic acids is 2. The lowest BCUT2D eigenvalue weighted by Gasteiger charge is -2.18. The van der Waals surface area contributed by atoms with Crippen LogP contribution in [0.25, 0.3) is 0 Å². The van der Waals surface area contributed by atoms with Gasteiger partial charge < -0.3 is 16.0 Å². The van der Waals surface area contributed by atoms with E-state index in [1.54, 1.807) is 36.2 Å². The van der Waals surface area contributed by atoms with Gasteiger partial charge in [0.05, 0.1) is 6.42 Å². The molecule has 3 N–H and O–H groups in total. The molecule has 0 aromatic heterocycles. The highest BCUT2D eigenvalue weighted by molar-refractivity contribution is 5.89. The molecule has 5 nitrogen and oxygen atoms in total. The SMILES string of the molecule is CN(Cc1ccccc1)C(=O)Nc1ccc(CC(N)=O)cc1. The highest BCUT2D eigenvalue weighted by atomic mass is 16.2. The van der Waals surface area contributed by atoms with Crippen LogP contribution < -0.4 is 11.1 Å². The van der Waals surface area contributed by atoms with Crippen molar-refractivity contribution in [2.45, 2.75) is 13.0 Å². The van der Waals surface area contributed by atoms with E-state index in [-0.39, 0.29) is 18.4 Å². The predicted molar refractivity (Wildman–Crippen MR) is 86.3 cm³/mol. The van der Waals surface area contributed by atoms with Crippen LogP contribution in [0.15, 0.2) is 54.6 Å². The van der Waals surface area contributed by atoms with Gasteiger partial charge in [-0.25, -0.2) is 4.79 Å². The Kier molecular flexibility index (Phi) is 5.14. The summed E-state index contributed by atoms with van der Waals surface area (Å²) in [5, 5.41) is 2.81. The molecule has 3 amide bonds. The number of nitrogens with two attached hydrogens (primary N) is 1. The summed E-state index contributed by atoms with van der Waals surface area (Å²) in [4.78, 5) is 24.6. The number of hydrogen-bond donors (Lipinski definition) is 2. The van der Waals surface area contributed by atoms with Crippen molar-refractivity contribution < 1.29 is 9.59 Å². The average molecular weight is 297 g/mol. The standard InChI is InChI=1S/C17H19N3O2/c1-20(12-14-5-3-2-4-6-14)17(22)19-15-9-7-13(8-10-15)11-16(18)21/h2-10H,11-12H2,1H3,(H2,18,21)(H,19,22). The lowest BCUT2D eigenvalue weighted by molar-refractivity contribution is -0.117. The molecular weight excluding hydrogens is 278 g/mol. The molecule has 2 aromatic carbocycles. The summed E-state index contributed by atoms with van der Waals surface area (Å²) in [5.74, 6) is -0.376. The van der Waals surface area contributed by atoms with Crippen LogP contribution in [-0.4, -0.2) is 23.9 Å². The Hall–Kier alpha value is -2.82. The molecule has 114 valence electrons. The van der Waals surface area contributed by atoms with Crippen molar-refractivity contribution >= 4 is 17.6 Å². The monoisotopic (exact) mass is 297 g/mol. The van der Waals surface area contributed by atoms with E-state index in [9.17, 15) is 9.59 Å². The molecule has 0 aliphatic rings. The van der Waals surface area contributed by atoms with Crippen LogP contribution in [-0.2, 0) is 17.8 Å². The number of nitrogens with zero attached hydrogens (tertiary/aromatic N) is 1. The number of amides is 3. The summed E-state index contributed by atoms with van der Waals surface area (Å²) in [6.45, 7) is 0.534. The summed E-state index contributed by atoms with van der Waals surface area (Å²) in [7, 11) is 1.74. The first-order chi connectivity index (χ1) is 10.5. The molecule has 0 saturated carbocycles. The third-order valence-electron chi connectivity index (χ3n) is 3.19. The molecule has 0 aliphatic heterocycles. The van der Waals surface area contributed by atoms with Crippen molar-refractivity contribution in [2.75, 3.05) is 12.4 Å². The lowest BCUT2D eigenvalue weighted by atomic mass is 10.1. The summed E-state index contributed by atoms with van der Waals surface area (Å²) < 4.78 is 0. The number of urea groups is 1. The molecule has 0 radical (unpaired) electrons. The maximum atomic E-state index is 12.1. The molecule has 2 aromatic rings. The third-order valence-corrected chi connectivity index (χ3v) is 3.19. The van der Waals surface area contributed by atoms with E-state index in [0.717, 1.165) is 11.1 Å². The van der Waals surface area contributed by atoms with Gasteiger partial charge in [-0.15, -0.1) is 0 Å². The fourth-order valence-electron chi connectivity index (χ4n) is 2.06. The van der Waals surface area contributed by atoms with E-state index < -0.39 is 0 Å². The van der Waals surface area contributed by atoms with Crippen molar-refractivity contribution in [1.29, 1.82) is 0 Å². The quantitative estimate of drug-likeness (QED) is 0.889. The van der Waals surface area contributed by atoms with Crippen molar-refractivity contribution in [3.8, 4) is 0 Å². The summed E-state index contributed by atoms with van der Waals surface area (Å²) >= 11 is 0. The second kappa shape index (κ2) is 7.26. The molecule has 0 bridgehead atoms. The maximum Gasteiger partial charge on any atom is 0.321 e. The fraction of sp³-hybridized carbons (Fsp3) is 0.176. The van der Waals surface area contributed by atoms with E-state index in [1.165, 1.54) is 0 Å². The van der Waals surface area contributed by atoms with Crippen LogP contribution >= 0.6 is 0 Å². The van der Waals surface area contributed by atoms with Crippen LogP contribution in [0, 0.1) is 0 Å². The first kappa shape index (κ1) is 15.6. The Bertz CT molecular complexity index is 639. The molecule has 2 rings (SSSR count). The summed E-state index contributed by atoms with van der Waals surface area (Å²) in [6, 6.07) is 16.7. The summed E-state index contributed by atoms with van der Waals surface area (Å²) in [6.07, 6.45) is 0.197. The predicted octanol–water partition coefficient (Wildman–Crippen LogP) is 2.38. The smallest absolute Gasteiger partial charge is 0.321 e. The average Bonchev–Trinajstić information content (AvgIpc) is 2.49. The molecule has 5 heteroatoms. The van der Waals surface area contributed by atoms with Gasteiger partial charge in [-0.1, -0.05) is 42.5 Å². The number of benzene rings is 2. The topological polar surface area (TPSA) is 75.4 Å². The second-order valence-electron chi connectivity index (χ2n) is 5.11. The van der Waals surface area contributed by atoms with E-state index in [2.05, 4.69) is 5.32 Å². The van der Waals surface area contributed by atoms with Crippen molar-refractivity contribution in [3.63, 3.8) is 0 Å². The molecular formula is C17H19N3O2. The fourth-order valence-corrected chi connectivity index (χ4v) is 2.06. The number of anilines is 1. The highest BCUT2D eigenvalue weighted by Crippen LogP contribution is 2.11. The van der Waals surface area contributed by atoms with Gasteiger partial charge in [-0.05, 0) is 23.3 Å². The van der Waals surface area contributed by atoms with Crippen molar-refractivity contribution in [3.05, 3.63) is 65.7 Å². The van der Waals surface area contributed by atoms with Gasteiger partial charge in [0.2, 0.25) is 5.91 Å². The van der Waals surface area contributed by atoms with Gasteiger partial charge in [0.25, 0.3) is 0 Å². The molecule has 22 heavy (non-hydrogen) atoms. The first-order valence-electron chi connectivity index (χ1n) is 6.98. The van der Waals surface area contributed by atoms with E-state index in [4.69, 9.17) is 5.73 Å². The summed E-state index contributed by atoms with van der Waals surface area (Å²) in [5.41, 5.74) is 7.71. The molecule has 0 unspecified atom stereocenters. The van der Waals surface area contributed by atoms with Crippen LogP contribution in [0.3, 0.4) is 0 Å². The van der Waals surface area contributed by atoms with Gasteiger partial charge in [-0.2, -0.15) is 0 Å². The number of rotatable bonds is 5. The van der Waals surface area contributed by atoms with Gasteiger partial charge >= 0.3 is 6.03 Å². The molecule has 0 atom stereocenters. The van der Waals surface area contributed by atoms with Crippen LogP contribution in [0.2, 0.25) is 0 Å². The Balaban J connectivity index is 1.92. The number of nitrogens with one attached hydrogen (secondary N) is 1. The minimum Gasteiger partial charge on any atom is -0.369 e. The van der Waals surface area contributed by atoms with Crippen LogP contribution in [0.1, 0.15) is 11.1 Å². The van der Waals surface area contributed by atoms with Gasteiger partial charge in [0.15, 0.2) is 0 Å². The largest absolute Gasteiger partial charge is 0.369 e. The Morgan fingerprint density at radius 1 is 1.00 bits per heavy atom. The van der Waals surface area contributed by atoms with Crippen molar-refractivity contribution in [2.24, 2.45) is 5.73 Å². The minimum atomic E-state index is -0.376. The highest BCUT2D eigenvalue weighted by Gasteiger charge is 2.09. The Morgan fingerprint density at radius 3 is 2.23 bits per heavy atom. The Labute approximate surface area is 129 Å². The molecule has 0 spiro atoms. The Morgan fingerprint density at radius 2 is 1.64 bits per heavy atom. The maximum absolute atomic E-state index is 12.1. The van der Waals surface area contributed by atoms with Crippen LogP contribution in [0.4, 0.5) is 10.5 Å². The molecule has 0 saturated heterocycles. The minimum absolute atomic E-state index is 0.188. The van der Waals surface area contributed by atoms with E-state index >= 15 is 0 Å². The number of primary amides is 1. The third kappa shape index (κ3) is 4.63. The van der Waals surface area contributed by atoms with Crippen LogP contribution in [0.5, 0.6) is 0 Å². The van der Waals surface area contributed by atoms with E-state index in [1.807, 2.05) is 30.3 Å². The zero-order valence-corrected chi connectivity index (χ0v) is 12.5. The normalized spacial score (nSPS) is 10.0. The number of hydrogen-bond acceptors (Lipinski definition) is 2. The molecule has 0 aliphatic carbocycles. The van der Waals surface area contributed by atoms with Gasteiger partial charge in [-0.3, -0.25) is 4.79 Å².